The van der Waals surface area contributed by atoms with Crippen molar-refractivity contribution in [2.75, 3.05) is 13.7 Å². The number of thiazole rings is 1. The molecule has 0 aliphatic carbocycles. The van der Waals surface area contributed by atoms with Crippen molar-refractivity contribution in [1.29, 1.82) is 0 Å². The van der Waals surface area contributed by atoms with Gasteiger partial charge in [-0.3, -0.25) is 19.5 Å². The lowest BCUT2D eigenvalue weighted by molar-refractivity contribution is -0.384. The van der Waals surface area contributed by atoms with Gasteiger partial charge < -0.3 is 13.9 Å². The number of furan rings is 1. The molecule has 10 nitrogen and oxygen atoms in total. The Balaban J connectivity index is 1.62. The van der Waals surface area contributed by atoms with E-state index in [0.29, 0.717) is 42.7 Å². The highest BCUT2D eigenvalue weighted by Crippen LogP contribution is 2.35. The van der Waals surface area contributed by atoms with Gasteiger partial charge in [0.2, 0.25) is 0 Å². The van der Waals surface area contributed by atoms with Crippen molar-refractivity contribution in [1.82, 2.24) is 4.57 Å². The number of rotatable bonds is 7. The quantitative estimate of drug-likeness (QED) is 0.177. The van der Waals surface area contributed by atoms with Crippen LogP contribution in [-0.4, -0.2) is 29.2 Å². The third kappa shape index (κ3) is 4.85. The number of carbonyl (C=O) groups excluding carboxylic acids is 1. The van der Waals surface area contributed by atoms with Gasteiger partial charge in [0.05, 0.1) is 46.1 Å². The summed E-state index contributed by atoms with van der Waals surface area (Å²) in [6.07, 6.45) is 1.58. The number of esters is 1. The number of benzene rings is 2. The Labute approximate surface area is 236 Å². The SMILES string of the molecule is CCOC(=O)C1=C(C)N=c2s/c(=C\c3ccc(-c4ccc([N+](=O)[O-])cc4OC)o3)c(=O)n2[C@H]1c1ccccc1Cl. The second-order valence-corrected chi connectivity index (χ2v) is 10.1. The van der Waals surface area contributed by atoms with Gasteiger partial charge in [-0.25, -0.2) is 9.79 Å². The standard InChI is InChI=1S/C28H22ClN3O7S/c1-4-38-27(34)24-15(2)30-28-31(25(24)18-7-5-6-8-20(18)29)26(33)23(40-28)14-17-10-12-21(39-17)19-11-9-16(32(35)36)13-22(19)37-3/h5-14,25H,4H2,1-3H3/b23-14-/t25-/m0/s1. The zero-order valence-electron chi connectivity index (χ0n) is 21.5. The number of aromatic nitrogens is 1. The molecule has 204 valence electrons. The number of fused-ring (bicyclic) bond motifs is 1. The van der Waals surface area contributed by atoms with Crippen LogP contribution in [0.4, 0.5) is 5.69 Å². The normalized spacial score (nSPS) is 15.0. The highest BCUT2D eigenvalue weighted by Gasteiger charge is 2.34. The van der Waals surface area contributed by atoms with E-state index in [-0.39, 0.29) is 29.2 Å². The maximum atomic E-state index is 13.8. The van der Waals surface area contributed by atoms with Crippen molar-refractivity contribution in [2.45, 2.75) is 19.9 Å². The number of hydrogen-bond acceptors (Lipinski definition) is 9. The average Bonchev–Trinajstić information content (AvgIpc) is 3.52. The first kappa shape index (κ1) is 27.1. The summed E-state index contributed by atoms with van der Waals surface area (Å²) in [5, 5.41) is 11.5. The van der Waals surface area contributed by atoms with Crippen molar-refractivity contribution in [3.05, 3.63) is 112 Å². The number of hydrogen-bond donors (Lipinski definition) is 0. The van der Waals surface area contributed by atoms with E-state index in [1.54, 1.807) is 56.3 Å². The van der Waals surface area contributed by atoms with Crippen LogP contribution in [0.3, 0.4) is 0 Å². The predicted octanol–water partition coefficient (Wildman–Crippen LogP) is 4.63. The van der Waals surface area contributed by atoms with Crippen LogP contribution in [-0.2, 0) is 9.53 Å². The van der Waals surface area contributed by atoms with Crippen molar-refractivity contribution in [3.8, 4) is 17.1 Å². The van der Waals surface area contributed by atoms with Crippen LogP contribution >= 0.6 is 22.9 Å². The van der Waals surface area contributed by atoms with Crippen molar-refractivity contribution < 1.29 is 23.6 Å². The smallest absolute Gasteiger partial charge is 0.338 e. The van der Waals surface area contributed by atoms with Crippen LogP contribution in [0.15, 0.2) is 80.1 Å². The van der Waals surface area contributed by atoms with Crippen LogP contribution in [0, 0.1) is 10.1 Å². The number of ether oxygens (including phenoxy) is 2. The lowest BCUT2D eigenvalue weighted by Crippen LogP contribution is -2.40. The van der Waals surface area contributed by atoms with E-state index in [0.717, 1.165) is 11.3 Å². The highest BCUT2D eigenvalue weighted by atomic mass is 35.5. The molecule has 4 aromatic rings. The monoisotopic (exact) mass is 579 g/mol. The third-order valence-electron chi connectivity index (χ3n) is 6.28. The number of non-ortho nitro benzene ring substituents is 1. The summed E-state index contributed by atoms with van der Waals surface area (Å²) in [6.45, 7) is 3.57. The Kier molecular flexibility index (Phi) is 7.42. The van der Waals surface area contributed by atoms with Crippen molar-refractivity contribution in [3.63, 3.8) is 0 Å². The van der Waals surface area contributed by atoms with Crippen LogP contribution < -0.4 is 19.6 Å². The van der Waals surface area contributed by atoms with Crippen LogP contribution in [0.1, 0.15) is 31.2 Å². The molecule has 0 radical (unpaired) electrons. The molecule has 1 aliphatic rings. The molecule has 12 heteroatoms. The first-order chi connectivity index (χ1) is 19.2. The molecular weight excluding hydrogens is 558 g/mol. The van der Waals surface area contributed by atoms with Crippen LogP contribution in [0.25, 0.3) is 17.4 Å². The topological polar surface area (TPSA) is 126 Å². The summed E-state index contributed by atoms with van der Waals surface area (Å²) in [4.78, 5) is 42.3. The first-order valence-electron chi connectivity index (χ1n) is 12.1. The number of nitro benzene ring substituents is 1. The number of methoxy groups -OCH3 is 1. The molecule has 0 spiro atoms. The average molecular weight is 580 g/mol. The molecule has 1 atom stereocenters. The fourth-order valence-corrected chi connectivity index (χ4v) is 5.75. The molecule has 5 rings (SSSR count). The number of carbonyl (C=O) groups is 1. The minimum atomic E-state index is -0.831. The van der Waals surface area contributed by atoms with Crippen LogP contribution in [0.5, 0.6) is 5.75 Å². The number of allylic oxidation sites excluding steroid dienone is 1. The van der Waals surface area contributed by atoms with Gasteiger partial charge in [-0.15, -0.1) is 0 Å². The van der Waals surface area contributed by atoms with E-state index in [1.807, 2.05) is 0 Å². The number of nitrogens with zero attached hydrogens (tertiary/aromatic N) is 3. The molecule has 0 N–H and O–H groups in total. The summed E-state index contributed by atoms with van der Waals surface area (Å²) >= 11 is 7.68. The summed E-state index contributed by atoms with van der Waals surface area (Å²) in [6, 6.07) is 13.7. The van der Waals surface area contributed by atoms with Gasteiger partial charge in [-0.2, -0.15) is 0 Å². The number of halogens is 1. The molecule has 2 aromatic heterocycles. The second kappa shape index (κ2) is 10.9. The van der Waals surface area contributed by atoms with Crippen molar-refractivity contribution in [2.24, 2.45) is 4.99 Å². The third-order valence-corrected chi connectivity index (χ3v) is 7.61. The first-order valence-corrected chi connectivity index (χ1v) is 13.3. The summed E-state index contributed by atoms with van der Waals surface area (Å²) in [5.74, 6) is 0.475. The van der Waals surface area contributed by atoms with Gasteiger partial charge in [0, 0.05) is 17.2 Å². The van der Waals surface area contributed by atoms with Gasteiger partial charge in [0.1, 0.15) is 23.3 Å². The maximum absolute atomic E-state index is 13.8. The molecule has 0 amide bonds. The molecule has 40 heavy (non-hydrogen) atoms. The molecule has 0 fully saturated rings. The van der Waals surface area contributed by atoms with Crippen molar-refractivity contribution >= 4 is 40.7 Å². The Morgan fingerprint density at radius 1 is 1.25 bits per heavy atom. The van der Waals surface area contributed by atoms with Gasteiger partial charge in [-0.1, -0.05) is 41.1 Å². The van der Waals surface area contributed by atoms with E-state index >= 15 is 0 Å². The second-order valence-electron chi connectivity index (χ2n) is 8.67. The minimum absolute atomic E-state index is 0.112. The largest absolute Gasteiger partial charge is 0.496 e. The molecule has 0 saturated heterocycles. The molecular formula is C28H22ClN3O7S. The summed E-state index contributed by atoms with van der Waals surface area (Å²) in [5.41, 5.74) is 1.26. The Bertz CT molecular complexity index is 1870. The van der Waals surface area contributed by atoms with E-state index in [9.17, 15) is 19.7 Å². The molecule has 0 bridgehead atoms. The van der Waals surface area contributed by atoms with E-state index in [2.05, 4.69) is 4.99 Å². The molecule has 0 unspecified atom stereocenters. The molecule has 0 saturated carbocycles. The lowest BCUT2D eigenvalue weighted by atomic mass is 9.96. The fraction of sp³-hybridized carbons (Fsp3) is 0.179. The minimum Gasteiger partial charge on any atom is -0.496 e. The highest BCUT2D eigenvalue weighted by molar-refractivity contribution is 7.07. The molecule has 1 aliphatic heterocycles. The van der Waals surface area contributed by atoms with E-state index in [1.165, 1.54) is 29.9 Å². The van der Waals surface area contributed by atoms with Gasteiger partial charge in [-0.05, 0) is 43.7 Å². The van der Waals surface area contributed by atoms with Gasteiger partial charge >= 0.3 is 5.97 Å². The lowest BCUT2D eigenvalue weighted by Gasteiger charge is -2.25. The van der Waals surface area contributed by atoms with E-state index < -0.39 is 16.9 Å². The maximum Gasteiger partial charge on any atom is 0.338 e. The van der Waals surface area contributed by atoms with Crippen LogP contribution in [0.2, 0.25) is 5.02 Å². The summed E-state index contributed by atoms with van der Waals surface area (Å²) in [7, 11) is 1.41. The van der Waals surface area contributed by atoms with Gasteiger partial charge in [0.15, 0.2) is 4.80 Å². The van der Waals surface area contributed by atoms with E-state index in [4.69, 9.17) is 25.5 Å². The Morgan fingerprint density at radius 2 is 2.02 bits per heavy atom. The van der Waals surface area contributed by atoms with Gasteiger partial charge in [0.25, 0.3) is 11.2 Å². The predicted molar refractivity (Wildman–Crippen MR) is 149 cm³/mol. The molecule has 2 aromatic carbocycles. The Morgan fingerprint density at radius 3 is 2.73 bits per heavy atom. The zero-order valence-corrected chi connectivity index (χ0v) is 23.1. The zero-order chi connectivity index (χ0) is 28.6. The Hall–Kier alpha value is -4.48. The fourth-order valence-electron chi connectivity index (χ4n) is 4.48. The summed E-state index contributed by atoms with van der Waals surface area (Å²) < 4.78 is 18.4. The number of nitro groups is 1. The molecule has 3 heterocycles.